The lowest BCUT2D eigenvalue weighted by atomic mass is 10.1. The summed E-state index contributed by atoms with van der Waals surface area (Å²) in [7, 11) is 3.59. The van der Waals surface area contributed by atoms with Crippen molar-refractivity contribution < 1.29 is 4.79 Å². The second-order valence-electron chi connectivity index (χ2n) is 9.49. The van der Waals surface area contributed by atoms with Gasteiger partial charge in [-0.25, -0.2) is 15.0 Å². The Labute approximate surface area is 219 Å². The number of carbonyl (C=O) groups excluding carboxylic acids is 1. The number of piperazine rings is 1. The Bertz CT molecular complexity index is 1560. The molecule has 1 aliphatic rings. The van der Waals surface area contributed by atoms with Gasteiger partial charge in [-0.1, -0.05) is 0 Å². The SMILES string of the molecule is CNc1nc(Nc2ccc(N3C[C@@H](C)N[C@@H](C)C3)c(C#N)c2)c(C(N)=O)nc1-c1cncc2c1ncn2C. The third-order valence-electron chi connectivity index (χ3n) is 6.54. The van der Waals surface area contributed by atoms with Gasteiger partial charge in [0.1, 0.15) is 17.3 Å². The van der Waals surface area contributed by atoms with E-state index in [1.807, 2.05) is 23.7 Å². The second-order valence-corrected chi connectivity index (χ2v) is 9.49. The Morgan fingerprint density at radius 2 is 1.95 bits per heavy atom. The average molecular weight is 512 g/mol. The van der Waals surface area contributed by atoms with Crippen molar-refractivity contribution in [1.29, 1.82) is 5.26 Å². The minimum Gasteiger partial charge on any atom is -0.371 e. The number of hydrogen-bond donors (Lipinski definition) is 4. The highest BCUT2D eigenvalue weighted by atomic mass is 16.1. The summed E-state index contributed by atoms with van der Waals surface area (Å²) in [6, 6.07) is 8.42. The van der Waals surface area contributed by atoms with E-state index in [1.165, 1.54) is 0 Å². The van der Waals surface area contributed by atoms with Gasteiger partial charge < -0.3 is 31.2 Å². The van der Waals surface area contributed by atoms with Crippen molar-refractivity contribution in [3.63, 3.8) is 0 Å². The maximum absolute atomic E-state index is 12.5. The van der Waals surface area contributed by atoms with E-state index in [4.69, 9.17) is 5.73 Å². The number of nitrogens with zero attached hydrogens (tertiary/aromatic N) is 7. The van der Waals surface area contributed by atoms with Gasteiger partial charge in [-0.15, -0.1) is 0 Å². The Hall–Kier alpha value is -4.76. The first-order chi connectivity index (χ1) is 18.3. The molecule has 1 saturated heterocycles. The van der Waals surface area contributed by atoms with Gasteiger partial charge in [0.15, 0.2) is 17.3 Å². The normalized spacial score (nSPS) is 17.3. The van der Waals surface area contributed by atoms with Crippen LogP contribution in [0.3, 0.4) is 0 Å². The first-order valence-electron chi connectivity index (χ1n) is 12.3. The molecule has 1 fully saturated rings. The van der Waals surface area contributed by atoms with Crippen LogP contribution in [0.5, 0.6) is 0 Å². The summed E-state index contributed by atoms with van der Waals surface area (Å²) in [5.41, 5.74) is 10.2. The largest absolute Gasteiger partial charge is 0.371 e. The van der Waals surface area contributed by atoms with E-state index in [0.29, 0.717) is 45.9 Å². The molecule has 0 radical (unpaired) electrons. The van der Waals surface area contributed by atoms with Gasteiger partial charge in [-0.2, -0.15) is 5.26 Å². The molecule has 4 aromatic rings. The lowest BCUT2D eigenvalue weighted by molar-refractivity contribution is 0.0996. The van der Waals surface area contributed by atoms with E-state index in [2.05, 4.69) is 60.7 Å². The molecule has 0 spiro atoms. The van der Waals surface area contributed by atoms with Crippen LogP contribution >= 0.6 is 0 Å². The molecule has 0 saturated carbocycles. The molecule has 12 heteroatoms. The number of anilines is 4. The number of amides is 1. The predicted molar refractivity (Wildman–Crippen MR) is 146 cm³/mol. The van der Waals surface area contributed by atoms with E-state index in [-0.39, 0.29) is 11.5 Å². The van der Waals surface area contributed by atoms with Gasteiger partial charge >= 0.3 is 0 Å². The smallest absolute Gasteiger partial charge is 0.271 e. The fraction of sp³-hybridized carbons (Fsp3) is 0.308. The standard InChI is InChI=1S/C26H29N11O/c1-14-11-37(12-15(2)32-14)19-6-5-17(7-16(19)8-27)33-26-23(24(28)38)34-22(25(29-3)35-26)18-9-30-10-20-21(18)31-13-36(20)4/h5-7,9-10,13-15,32H,11-12H2,1-4H3,(H2,28,38)(H2,29,33,35)/t14-,15+. The van der Waals surface area contributed by atoms with E-state index in [0.717, 1.165) is 24.3 Å². The summed E-state index contributed by atoms with van der Waals surface area (Å²) in [5, 5.41) is 19.6. The molecule has 5 rings (SSSR count). The Kier molecular flexibility index (Phi) is 6.52. The van der Waals surface area contributed by atoms with Gasteiger partial charge in [0, 0.05) is 51.2 Å². The zero-order chi connectivity index (χ0) is 27.0. The highest BCUT2D eigenvalue weighted by Crippen LogP contribution is 2.33. The third-order valence-corrected chi connectivity index (χ3v) is 6.54. The molecule has 5 N–H and O–H groups in total. The van der Waals surface area contributed by atoms with Crippen LogP contribution in [-0.4, -0.2) is 62.6 Å². The van der Waals surface area contributed by atoms with E-state index >= 15 is 0 Å². The fourth-order valence-corrected chi connectivity index (χ4v) is 4.91. The van der Waals surface area contributed by atoms with Gasteiger partial charge in [0.25, 0.3) is 5.91 Å². The quantitative estimate of drug-likeness (QED) is 0.302. The van der Waals surface area contributed by atoms with Crippen LogP contribution < -0.4 is 26.6 Å². The summed E-state index contributed by atoms with van der Waals surface area (Å²) < 4.78 is 1.85. The predicted octanol–water partition coefficient (Wildman–Crippen LogP) is 2.37. The van der Waals surface area contributed by atoms with E-state index in [1.54, 1.807) is 31.8 Å². The topological polar surface area (TPSA) is 163 Å². The number of primary amides is 1. The molecule has 1 aliphatic heterocycles. The van der Waals surface area contributed by atoms with Crippen molar-refractivity contribution in [1.82, 2.24) is 29.8 Å². The van der Waals surface area contributed by atoms with Crippen LogP contribution in [0.1, 0.15) is 29.9 Å². The first-order valence-corrected chi connectivity index (χ1v) is 12.3. The summed E-state index contributed by atoms with van der Waals surface area (Å²) in [6.07, 6.45) is 5.03. The molecular formula is C26H29N11O. The highest BCUT2D eigenvalue weighted by molar-refractivity contribution is 5.99. The number of pyridine rings is 1. The van der Waals surface area contributed by atoms with Crippen molar-refractivity contribution in [2.24, 2.45) is 12.8 Å². The molecule has 12 nitrogen and oxygen atoms in total. The minimum absolute atomic E-state index is 0.0423. The highest BCUT2D eigenvalue weighted by Gasteiger charge is 2.24. The van der Waals surface area contributed by atoms with Crippen LogP contribution in [0.2, 0.25) is 0 Å². The molecule has 4 heterocycles. The number of aryl methyl sites for hydroxylation is 1. The summed E-state index contributed by atoms with van der Waals surface area (Å²) >= 11 is 0. The second kappa shape index (κ2) is 9.95. The number of fused-ring (bicyclic) bond motifs is 1. The fourth-order valence-electron chi connectivity index (χ4n) is 4.91. The van der Waals surface area contributed by atoms with Crippen LogP contribution in [0.25, 0.3) is 22.3 Å². The number of nitrogens with one attached hydrogen (secondary N) is 3. The molecule has 1 amide bonds. The Morgan fingerprint density at radius 1 is 1.18 bits per heavy atom. The molecule has 3 aromatic heterocycles. The Morgan fingerprint density at radius 3 is 2.63 bits per heavy atom. The number of benzene rings is 1. The third kappa shape index (κ3) is 4.55. The number of hydrogen-bond acceptors (Lipinski definition) is 10. The van der Waals surface area contributed by atoms with Crippen molar-refractivity contribution in [2.45, 2.75) is 25.9 Å². The molecule has 0 aliphatic carbocycles. The Balaban J connectivity index is 1.54. The molecule has 2 atom stereocenters. The van der Waals surface area contributed by atoms with Crippen molar-refractivity contribution in [2.75, 3.05) is 35.7 Å². The summed E-state index contributed by atoms with van der Waals surface area (Å²) in [6.45, 7) is 5.85. The van der Waals surface area contributed by atoms with Crippen molar-refractivity contribution in [3.05, 3.63) is 48.2 Å². The van der Waals surface area contributed by atoms with E-state index < -0.39 is 5.91 Å². The molecule has 0 bridgehead atoms. The summed E-state index contributed by atoms with van der Waals surface area (Å²) in [4.78, 5) is 32.7. The number of nitriles is 1. The average Bonchev–Trinajstić information content (AvgIpc) is 3.28. The minimum atomic E-state index is -0.744. The van der Waals surface area contributed by atoms with Gasteiger partial charge in [-0.05, 0) is 32.0 Å². The van der Waals surface area contributed by atoms with Gasteiger partial charge in [-0.3, -0.25) is 9.78 Å². The summed E-state index contributed by atoms with van der Waals surface area (Å²) in [5.74, 6) is -0.155. The zero-order valence-electron chi connectivity index (χ0n) is 21.6. The molecule has 0 unspecified atom stereocenters. The van der Waals surface area contributed by atoms with E-state index in [9.17, 15) is 10.1 Å². The monoisotopic (exact) mass is 511 g/mol. The van der Waals surface area contributed by atoms with Crippen LogP contribution in [0, 0.1) is 11.3 Å². The lowest BCUT2D eigenvalue weighted by Gasteiger charge is -2.38. The number of carbonyl (C=O) groups is 1. The molecule has 1 aromatic carbocycles. The van der Waals surface area contributed by atoms with Crippen LogP contribution in [0.4, 0.5) is 23.0 Å². The molecule has 194 valence electrons. The lowest BCUT2D eigenvalue weighted by Crippen LogP contribution is -2.54. The van der Waals surface area contributed by atoms with Crippen LogP contribution in [-0.2, 0) is 7.05 Å². The maximum Gasteiger partial charge on any atom is 0.271 e. The molecule has 38 heavy (non-hydrogen) atoms. The van der Waals surface area contributed by atoms with Crippen LogP contribution in [0.15, 0.2) is 36.9 Å². The van der Waals surface area contributed by atoms with Crippen molar-refractivity contribution >= 4 is 40.0 Å². The maximum atomic E-state index is 12.5. The molecular weight excluding hydrogens is 482 g/mol. The first kappa shape index (κ1) is 24.9. The van der Waals surface area contributed by atoms with Gasteiger partial charge in [0.2, 0.25) is 0 Å². The zero-order valence-corrected chi connectivity index (χ0v) is 21.6. The van der Waals surface area contributed by atoms with Crippen molar-refractivity contribution in [3.8, 4) is 17.3 Å². The number of aromatic nitrogens is 5. The number of nitrogens with two attached hydrogens (primary N) is 1. The van der Waals surface area contributed by atoms with Gasteiger partial charge in [0.05, 0.1) is 34.9 Å². The number of imidazole rings is 1. The number of rotatable bonds is 6.